The van der Waals surface area contributed by atoms with E-state index in [2.05, 4.69) is 40.6 Å². The molecule has 0 radical (unpaired) electrons. The molecule has 3 rings (SSSR count). The lowest BCUT2D eigenvalue weighted by Crippen LogP contribution is -2.27. The number of rotatable bonds is 4. The van der Waals surface area contributed by atoms with Crippen LogP contribution in [0.5, 0.6) is 0 Å². The molecule has 0 amide bonds. The number of nitrogens with one attached hydrogen (secondary N) is 1. The number of hydrogen-bond donors (Lipinski definition) is 1. The summed E-state index contributed by atoms with van der Waals surface area (Å²) < 4.78 is 0. The van der Waals surface area contributed by atoms with Crippen molar-refractivity contribution in [3.05, 3.63) is 42.1 Å². The van der Waals surface area contributed by atoms with E-state index in [0.29, 0.717) is 0 Å². The van der Waals surface area contributed by atoms with E-state index in [0.717, 1.165) is 11.4 Å². The molecular formula is C17H22N2. The zero-order valence-corrected chi connectivity index (χ0v) is 11.4. The van der Waals surface area contributed by atoms with Gasteiger partial charge >= 0.3 is 0 Å². The molecule has 1 aliphatic rings. The lowest BCUT2D eigenvalue weighted by Gasteiger charge is -2.22. The number of benzene rings is 1. The fourth-order valence-electron chi connectivity index (χ4n) is 3.12. The Morgan fingerprint density at radius 3 is 2.84 bits per heavy atom. The van der Waals surface area contributed by atoms with Gasteiger partial charge in [0.1, 0.15) is 0 Å². The third-order valence-corrected chi connectivity index (χ3v) is 4.26. The zero-order chi connectivity index (χ0) is 12.9. The van der Waals surface area contributed by atoms with E-state index in [4.69, 9.17) is 0 Å². The predicted octanol–water partition coefficient (Wildman–Crippen LogP) is 3.56. The van der Waals surface area contributed by atoms with Gasteiger partial charge in [-0.25, -0.2) is 0 Å². The van der Waals surface area contributed by atoms with Crippen LogP contribution in [0.25, 0.3) is 10.9 Å². The Balaban J connectivity index is 1.62. The van der Waals surface area contributed by atoms with Gasteiger partial charge in [0.25, 0.3) is 0 Å². The number of piperidine rings is 1. The van der Waals surface area contributed by atoms with Crippen molar-refractivity contribution in [2.75, 3.05) is 13.1 Å². The molecule has 19 heavy (non-hydrogen) atoms. The molecule has 1 aromatic carbocycles. The monoisotopic (exact) mass is 254 g/mol. The molecule has 1 aliphatic heterocycles. The topological polar surface area (TPSA) is 24.9 Å². The average molecular weight is 254 g/mol. The molecule has 0 unspecified atom stereocenters. The Bertz CT molecular complexity index is 524. The van der Waals surface area contributed by atoms with Gasteiger partial charge in [0, 0.05) is 11.6 Å². The van der Waals surface area contributed by atoms with E-state index < -0.39 is 0 Å². The van der Waals surface area contributed by atoms with Gasteiger partial charge in [-0.15, -0.1) is 0 Å². The smallest absolute Gasteiger partial charge is 0.0704 e. The van der Waals surface area contributed by atoms with Crippen molar-refractivity contribution in [1.29, 1.82) is 0 Å². The molecule has 0 saturated carbocycles. The normalized spacial score (nSPS) is 16.8. The Hall–Kier alpha value is -1.41. The second-order valence-electron chi connectivity index (χ2n) is 5.57. The maximum atomic E-state index is 4.43. The summed E-state index contributed by atoms with van der Waals surface area (Å²) in [5.74, 6) is 0.939. The highest BCUT2D eigenvalue weighted by Crippen LogP contribution is 2.22. The van der Waals surface area contributed by atoms with Crippen molar-refractivity contribution in [3.8, 4) is 0 Å². The lowest BCUT2D eigenvalue weighted by molar-refractivity contribution is 0.347. The highest BCUT2D eigenvalue weighted by molar-refractivity contribution is 5.81. The van der Waals surface area contributed by atoms with Crippen molar-refractivity contribution in [2.45, 2.75) is 32.1 Å². The molecule has 1 N–H and O–H groups in total. The van der Waals surface area contributed by atoms with Crippen LogP contribution in [0.2, 0.25) is 0 Å². The summed E-state index contributed by atoms with van der Waals surface area (Å²) in [7, 11) is 0. The Labute approximate surface area is 115 Å². The summed E-state index contributed by atoms with van der Waals surface area (Å²) in [5, 5.41) is 4.77. The SMILES string of the molecule is c1ccc2c(CCCC3CCNCC3)ccnc2c1. The maximum Gasteiger partial charge on any atom is 0.0704 e. The van der Waals surface area contributed by atoms with Crippen molar-refractivity contribution in [2.24, 2.45) is 5.92 Å². The first kappa shape index (κ1) is 12.6. The van der Waals surface area contributed by atoms with Gasteiger partial charge in [-0.05, 0) is 62.4 Å². The molecule has 2 nitrogen and oxygen atoms in total. The van der Waals surface area contributed by atoms with Crippen LogP contribution in [0.15, 0.2) is 36.5 Å². The minimum atomic E-state index is 0.939. The van der Waals surface area contributed by atoms with Crippen LogP contribution >= 0.6 is 0 Å². The van der Waals surface area contributed by atoms with E-state index in [1.54, 1.807) is 0 Å². The highest BCUT2D eigenvalue weighted by atomic mass is 14.9. The van der Waals surface area contributed by atoms with Crippen LogP contribution in [-0.2, 0) is 6.42 Å². The van der Waals surface area contributed by atoms with Crippen LogP contribution in [-0.4, -0.2) is 18.1 Å². The molecule has 2 aromatic rings. The molecule has 1 fully saturated rings. The van der Waals surface area contributed by atoms with Crippen molar-refractivity contribution >= 4 is 10.9 Å². The van der Waals surface area contributed by atoms with E-state index in [1.807, 2.05) is 6.20 Å². The van der Waals surface area contributed by atoms with Gasteiger partial charge in [0.15, 0.2) is 0 Å². The minimum Gasteiger partial charge on any atom is -0.317 e. The van der Waals surface area contributed by atoms with Crippen LogP contribution in [0, 0.1) is 5.92 Å². The number of aryl methyl sites for hydroxylation is 1. The van der Waals surface area contributed by atoms with Crippen molar-refractivity contribution in [3.63, 3.8) is 0 Å². The van der Waals surface area contributed by atoms with Gasteiger partial charge in [0.2, 0.25) is 0 Å². The maximum absolute atomic E-state index is 4.43. The number of fused-ring (bicyclic) bond motifs is 1. The van der Waals surface area contributed by atoms with Crippen molar-refractivity contribution in [1.82, 2.24) is 10.3 Å². The first-order chi connectivity index (χ1) is 9.43. The summed E-state index contributed by atoms with van der Waals surface area (Å²) in [6.07, 6.45) is 8.53. The van der Waals surface area contributed by atoms with Crippen LogP contribution < -0.4 is 5.32 Å². The second kappa shape index (κ2) is 6.16. The number of para-hydroxylation sites is 1. The third kappa shape index (κ3) is 3.13. The number of aromatic nitrogens is 1. The molecule has 1 aromatic heterocycles. The Morgan fingerprint density at radius 1 is 1.11 bits per heavy atom. The standard InChI is InChI=1S/C17H22N2/c1-2-7-17-16(6-1)15(10-13-19-17)5-3-4-14-8-11-18-12-9-14/h1-2,6-7,10,13-14,18H,3-5,8-9,11-12H2. The van der Waals surface area contributed by atoms with E-state index in [9.17, 15) is 0 Å². The van der Waals surface area contributed by atoms with Gasteiger partial charge in [-0.3, -0.25) is 4.98 Å². The number of pyridine rings is 1. The Morgan fingerprint density at radius 2 is 1.95 bits per heavy atom. The number of hydrogen-bond acceptors (Lipinski definition) is 2. The predicted molar refractivity (Wildman–Crippen MR) is 80.3 cm³/mol. The second-order valence-corrected chi connectivity index (χ2v) is 5.57. The summed E-state index contributed by atoms with van der Waals surface area (Å²) in [4.78, 5) is 4.43. The highest BCUT2D eigenvalue weighted by Gasteiger charge is 2.12. The van der Waals surface area contributed by atoms with Crippen molar-refractivity contribution < 1.29 is 0 Å². The third-order valence-electron chi connectivity index (χ3n) is 4.26. The summed E-state index contributed by atoms with van der Waals surface area (Å²) in [6, 6.07) is 10.7. The Kier molecular flexibility index (Phi) is 4.09. The van der Waals surface area contributed by atoms with E-state index in [1.165, 1.54) is 56.1 Å². The van der Waals surface area contributed by atoms with E-state index >= 15 is 0 Å². The molecule has 0 bridgehead atoms. The molecule has 2 heteroatoms. The number of nitrogens with zero attached hydrogens (tertiary/aromatic N) is 1. The summed E-state index contributed by atoms with van der Waals surface area (Å²) in [6.45, 7) is 2.42. The molecule has 100 valence electrons. The zero-order valence-electron chi connectivity index (χ0n) is 11.4. The fourth-order valence-corrected chi connectivity index (χ4v) is 3.12. The molecule has 0 aliphatic carbocycles. The molecular weight excluding hydrogens is 232 g/mol. The van der Waals surface area contributed by atoms with Gasteiger partial charge < -0.3 is 5.32 Å². The lowest BCUT2D eigenvalue weighted by atomic mass is 9.91. The molecule has 1 saturated heterocycles. The largest absolute Gasteiger partial charge is 0.317 e. The van der Waals surface area contributed by atoms with Gasteiger partial charge in [-0.2, -0.15) is 0 Å². The summed E-state index contributed by atoms with van der Waals surface area (Å²) in [5.41, 5.74) is 2.58. The molecule has 0 atom stereocenters. The molecule has 0 spiro atoms. The fraction of sp³-hybridized carbons (Fsp3) is 0.471. The first-order valence-corrected chi connectivity index (χ1v) is 7.47. The van der Waals surface area contributed by atoms with Crippen LogP contribution in [0.3, 0.4) is 0 Å². The average Bonchev–Trinajstić information content (AvgIpc) is 2.49. The van der Waals surface area contributed by atoms with Crippen LogP contribution in [0.4, 0.5) is 0 Å². The van der Waals surface area contributed by atoms with Crippen LogP contribution in [0.1, 0.15) is 31.2 Å². The van der Waals surface area contributed by atoms with Gasteiger partial charge in [-0.1, -0.05) is 24.6 Å². The minimum absolute atomic E-state index is 0.939. The molecule has 2 heterocycles. The van der Waals surface area contributed by atoms with Gasteiger partial charge in [0.05, 0.1) is 5.52 Å². The summed E-state index contributed by atoms with van der Waals surface area (Å²) >= 11 is 0. The first-order valence-electron chi connectivity index (χ1n) is 7.47. The van der Waals surface area contributed by atoms with E-state index in [-0.39, 0.29) is 0 Å². The quantitative estimate of drug-likeness (QED) is 0.902.